The smallest absolute Gasteiger partial charge is 0.328 e. The molecule has 3 N–H and O–H groups in total. The van der Waals surface area contributed by atoms with E-state index < -0.39 is 41.5 Å². The van der Waals surface area contributed by atoms with E-state index in [9.17, 15) is 29.1 Å². The van der Waals surface area contributed by atoms with Gasteiger partial charge in [-0.2, -0.15) is 4.90 Å². The van der Waals surface area contributed by atoms with Crippen molar-refractivity contribution in [2.45, 2.75) is 39.5 Å². The highest BCUT2D eigenvalue weighted by atomic mass is 16.3. The summed E-state index contributed by atoms with van der Waals surface area (Å²) in [6.07, 6.45) is 3.59. The van der Waals surface area contributed by atoms with Gasteiger partial charge in [0.2, 0.25) is 11.8 Å². The van der Waals surface area contributed by atoms with Gasteiger partial charge >= 0.3 is 6.03 Å². The fourth-order valence-electron chi connectivity index (χ4n) is 6.13. The Morgan fingerprint density at radius 2 is 1.68 bits per heavy atom. The summed E-state index contributed by atoms with van der Waals surface area (Å²) >= 11 is 0. The van der Waals surface area contributed by atoms with Crippen LogP contribution in [0.25, 0.3) is 0 Å². The first-order valence-electron chi connectivity index (χ1n) is 11.2. The Hall–Kier alpha value is -3.81. The van der Waals surface area contributed by atoms with E-state index in [2.05, 4.69) is 0 Å². The first-order chi connectivity index (χ1) is 16.0. The molecule has 1 heterocycles. The lowest BCUT2D eigenvalue weighted by atomic mass is 9.59. The van der Waals surface area contributed by atoms with Gasteiger partial charge in [-0.1, -0.05) is 23.8 Å². The molecule has 4 atom stereocenters. The second kappa shape index (κ2) is 7.35. The van der Waals surface area contributed by atoms with E-state index in [-0.39, 0.29) is 30.2 Å². The molecule has 0 unspecified atom stereocenters. The molecule has 1 aromatic rings. The van der Waals surface area contributed by atoms with Crippen LogP contribution in [-0.4, -0.2) is 39.4 Å². The number of hydrogen-bond donors (Lipinski definition) is 2. The van der Waals surface area contributed by atoms with E-state index in [1.165, 1.54) is 6.08 Å². The summed E-state index contributed by atoms with van der Waals surface area (Å²) in [5.74, 6) is -4.31. The lowest BCUT2D eigenvalue weighted by Gasteiger charge is -2.42. The number of allylic oxidation sites excluding steroid dienone is 6. The summed E-state index contributed by atoms with van der Waals surface area (Å²) in [6, 6.07) is 2.46. The number of Topliss-reactive ketones (excluding diaryl/α,β-unsaturated/α-hetero) is 1. The van der Waals surface area contributed by atoms with Gasteiger partial charge in [0.25, 0.3) is 0 Å². The molecule has 1 aromatic carbocycles. The third-order valence-corrected chi connectivity index (χ3v) is 7.63. The molecule has 0 radical (unpaired) electrons. The van der Waals surface area contributed by atoms with Gasteiger partial charge in [0, 0.05) is 22.6 Å². The van der Waals surface area contributed by atoms with Gasteiger partial charge in [-0.3, -0.25) is 19.2 Å². The maximum Gasteiger partial charge on any atom is 0.328 e. The SMILES string of the molecule is CC1=CC(=O)C2=C(C[C@@H]3C(=CC[C@@H]4C(=O)N(C(N)=O)C(=O)[C@@H]43)[C@@H]2c2cc(C)c(O)c(C)c2)C1=O. The molecule has 1 aliphatic heterocycles. The number of hydrogen-bond acceptors (Lipinski definition) is 6. The van der Waals surface area contributed by atoms with Crippen LogP contribution < -0.4 is 5.73 Å². The van der Waals surface area contributed by atoms with Crippen LogP contribution in [0.2, 0.25) is 0 Å². The number of phenolic OH excluding ortho intramolecular Hbond substituents is 1. The molecule has 5 rings (SSSR count). The Labute approximate surface area is 195 Å². The van der Waals surface area contributed by atoms with Crippen molar-refractivity contribution >= 4 is 29.4 Å². The average molecular weight is 460 g/mol. The predicted octanol–water partition coefficient (Wildman–Crippen LogP) is 2.52. The molecule has 0 saturated carbocycles. The van der Waals surface area contributed by atoms with Gasteiger partial charge in [-0.25, -0.2) is 4.79 Å². The Kier molecular flexibility index (Phi) is 4.76. The number of urea groups is 1. The van der Waals surface area contributed by atoms with Crippen molar-refractivity contribution in [2.24, 2.45) is 23.5 Å². The maximum atomic E-state index is 13.2. The fourth-order valence-corrected chi connectivity index (χ4v) is 6.13. The zero-order valence-electron chi connectivity index (χ0n) is 19.0. The van der Waals surface area contributed by atoms with E-state index in [1.807, 2.05) is 6.08 Å². The van der Waals surface area contributed by atoms with E-state index in [1.54, 1.807) is 32.9 Å². The Morgan fingerprint density at radius 1 is 1.03 bits per heavy atom. The number of carbonyl (C=O) groups is 5. The molecule has 3 aliphatic carbocycles. The van der Waals surface area contributed by atoms with Gasteiger partial charge in [-0.05, 0) is 62.3 Å². The number of nitrogens with zero attached hydrogens (tertiary/aromatic N) is 1. The van der Waals surface area contributed by atoms with Gasteiger partial charge in [0.1, 0.15) is 5.75 Å². The fraction of sp³-hybridized carbons (Fsp3) is 0.346. The number of aromatic hydroxyl groups is 1. The van der Waals surface area contributed by atoms with Crippen molar-refractivity contribution in [3.63, 3.8) is 0 Å². The molecule has 0 spiro atoms. The topological polar surface area (TPSA) is 135 Å². The molecular weight excluding hydrogens is 436 g/mol. The number of benzene rings is 1. The number of imide groups is 3. The minimum Gasteiger partial charge on any atom is -0.507 e. The quantitative estimate of drug-likeness (QED) is 0.376. The lowest BCUT2D eigenvalue weighted by molar-refractivity contribution is -0.136. The lowest BCUT2D eigenvalue weighted by Crippen LogP contribution is -2.42. The summed E-state index contributed by atoms with van der Waals surface area (Å²) in [6.45, 7) is 5.10. The highest BCUT2D eigenvalue weighted by molar-refractivity contribution is 6.24. The minimum absolute atomic E-state index is 0.135. The number of ketones is 2. The number of rotatable bonds is 1. The van der Waals surface area contributed by atoms with Crippen LogP contribution in [0.5, 0.6) is 5.75 Å². The number of aryl methyl sites for hydroxylation is 2. The number of nitrogens with two attached hydrogens (primary N) is 1. The Morgan fingerprint density at radius 3 is 2.29 bits per heavy atom. The Bertz CT molecular complexity index is 1310. The van der Waals surface area contributed by atoms with Gasteiger partial charge in [0.05, 0.1) is 11.8 Å². The summed E-state index contributed by atoms with van der Waals surface area (Å²) in [5, 5.41) is 10.3. The molecule has 1 saturated heterocycles. The maximum absolute atomic E-state index is 13.2. The van der Waals surface area contributed by atoms with Crippen molar-refractivity contribution in [1.82, 2.24) is 4.90 Å². The number of primary amides is 1. The van der Waals surface area contributed by atoms with Crippen LogP contribution in [0.15, 0.2) is 46.6 Å². The predicted molar refractivity (Wildman–Crippen MR) is 120 cm³/mol. The first kappa shape index (κ1) is 22.0. The van der Waals surface area contributed by atoms with Crippen LogP contribution in [0.4, 0.5) is 4.79 Å². The summed E-state index contributed by atoms with van der Waals surface area (Å²) in [4.78, 5) is 64.7. The highest BCUT2D eigenvalue weighted by Crippen LogP contribution is 2.55. The number of likely N-dealkylation sites (tertiary alicyclic amines) is 1. The van der Waals surface area contributed by atoms with Crippen LogP contribution >= 0.6 is 0 Å². The van der Waals surface area contributed by atoms with Crippen LogP contribution in [0, 0.1) is 31.6 Å². The molecule has 174 valence electrons. The van der Waals surface area contributed by atoms with Crippen LogP contribution in [-0.2, 0) is 19.2 Å². The van der Waals surface area contributed by atoms with E-state index in [0.29, 0.717) is 32.7 Å². The van der Waals surface area contributed by atoms with Gasteiger partial charge < -0.3 is 10.8 Å². The summed E-state index contributed by atoms with van der Waals surface area (Å²) in [7, 11) is 0. The van der Waals surface area contributed by atoms with Crippen molar-refractivity contribution in [3.05, 3.63) is 63.3 Å². The zero-order chi connectivity index (χ0) is 24.6. The van der Waals surface area contributed by atoms with E-state index >= 15 is 0 Å². The molecule has 0 aromatic heterocycles. The molecule has 0 bridgehead atoms. The third kappa shape index (κ3) is 2.87. The van der Waals surface area contributed by atoms with Crippen LogP contribution in [0.1, 0.15) is 42.4 Å². The second-order valence-corrected chi connectivity index (χ2v) is 9.58. The molecule has 8 heteroatoms. The van der Waals surface area contributed by atoms with Crippen molar-refractivity contribution in [1.29, 1.82) is 0 Å². The molecule has 1 fully saturated rings. The standard InChI is InChI=1S/C26H24N2O6/c1-10-6-13(7-11(2)22(10)30)19-14-4-5-15-20(25(33)28(24(15)32)26(27)34)16(14)9-17-21(19)18(29)8-12(3)23(17)31/h4,6-8,15-16,19-20,30H,5,9H2,1-3H3,(H2,27,34)/t15-,16+,19-,20-/m0/s1. The number of fused-ring (bicyclic) bond motifs is 3. The number of amides is 4. The average Bonchev–Trinajstić information content (AvgIpc) is 3.04. The van der Waals surface area contributed by atoms with E-state index in [4.69, 9.17) is 5.73 Å². The first-order valence-corrected chi connectivity index (χ1v) is 11.2. The van der Waals surface area contributed by atoms with Crippen LogP contribution in [0.3, 0.4) is 0 Å². The van der Waals surface area contributed by atoms with Crippen molar-refractivity contribution < 1.29 is 29.1 Å². The number of phenols is 1. The number of carbonyl (C=O) groups excluding carboxylic acids is 5. The third-order valence-electron chi connectivity index (χ3n) is 7.63. The van der Waals surface area contributed by atoms with Crippen molar-refractivity contribution in [3.8, 4) is 5.75 Å². The van der Waals surface area contributed by atoms with E-state index in [0.717, 1.165) is 11.1 Å². The normalized spacial score (nSPS) is 28.4. The molecule has 8 nitrogen and oxygen atoms in total. The summed E-state index contributed by atoms with van der Waals surface area (Å²) < 4.78 is 0. The molecule has 4 amide bonds. The van der Waals surface area contributed by atoms with Gasteiger partial charge in [0.15, 0.2) is 11.6 Å². The summed E-state index contributed by atoms with van der Waals surface area (Å²) in [5.41, 5.74) is 9.14. The monoisotopic (exact) mass is 460 g/mol. The second-order valence-electron chi connectivity index (χ2n) is 9.58. The highest BCUT2D eigenvalue weighted by Gasteiger charge is 2.57. The molecule has 4 aliphatic rings. The largest absolute Gasteiger partial charge is 0.507 e. The zero-order valence-corrected chi connectivity index (χ0v) is 19.0. The Balaban J connectivity index is 1.72. The molecule has 34 heavy (non-hydrogen) atoms. The van der Waals surface area contributed by atoms with Crippen molar-refractivity contribution in [2.75, 3.05) is 0 Å². The molecular formula is C26H24N2O6. The minimum atomic E-state index is -1.11. The van der Waals surface area contributed by atoms with Gasteiger partial charge in [-0.15, -0.1) is 0 Å².